The van der Waals surface area contributed by atoms with E-state index in [9.17, 15) is 48.2 Å². The average Bonchev–Trinajstić information content (AvgIpc) is 3.58. The third-order valence-corrected chi connectivity index (χ3v) is 9.70. The number of fused-ring (bicyclic) bond motifs is 1. The van der Waals surface area contributed by atoms with Crippen LogP contribution in [0.3, 0.4) is 0 Å². The number of nitrogens with zero attached hydrogens (tertiary/aromatic N) is 1. The van der Waals surface area contributed by atoms with Crippen molar-refractivity contribution >= 4 is 69.5 Å². The molecule has 3 aromatic carbocycles. The van der Waals surface area contributed by atoms with Crippen molar-refractivity contribution in [2.75, 3.05) is 16.0 Å². The number of Topliss-reactive ketones (excluding diaryl/α,β-unsaturated/α-hetero) is 2. The summed E-state index contributed by atoms with van der Waals surface area (Å²) < 4.78 is 14.1. The molecule has 1 unspecified atom stereocenters. The normalized spacial score (nSPS) is 13.2. The molecule has 0 saturated heterocycles. The number of aliphatic carboxylic acids is 3. The summed E-state index contributed by atoms with van der Waals surface area (Å²) in [5, 5.41) is 49.2. The third kappa shape index (κ3) is 12.2. The van der Waals surface area contributed by atoms with E-state index in [2.05, 4.69) is 36.8 Å². The number of carboxylic acids is 3. The Labute approximate surface area is 343 Å². The highest BCUT2D eigenvalue weighted by atomic mass is 19.1. The number of carbonyl (C=O) groups excluding carboxylic acids is 4. The maximum absolute atomic E-state index is 14.1. The zero-order chi connectivity index (χ0) is 44.5. The molecule has 0 radical (unpaired) electrons. The summed E-state index contributed by atoms with van der Waals surface area (Å²) in [4.78, 5) is 87.2. The van der Waals surface area contributed by atoms with E-state index in [0.29, 0.717) is 27.7 Å². The van der Waals surface area contributed by atoms with Gasteiger partial charge in [0, 0.05) is 24.9 Å². The van der Waals surface area contributed by atoms with Crippen LogP contribution in [0.5, 0.6) is 0 Å². The van der Waals surface area contributed by atoms with Gasteiger partial charge in [-0.1, -0.05) is 30.3 Å². The van der Waals surface area contributed by atoms with Gasteiger partial charge in [-0.2, -0.15) is 5.10 Å². The highest BCUT2D eigenvalue weighted by molar-refractivity contribution is 6.08. The SMILES string of the molecule is Cc1ccc(F)c(NC(=O)Nc2ccc(-c3cccc4[nH]nc(NC(=O)C[C@H](N)C(=O)C(C)(C)NC(CCC(=O)C(C)(C)N[C@@H](CCC(=O)O)C(=O)O)C(=O)O)c34)cc2)c1. The number of amides is 3. The predicted octanol–water partition coefficient (Wildman–Crippen LogP) is 4.40. The van der Waals surface area contributed by atoms with Crippen LogP contribution >= 0.6 is 0 Å². The Bertz CT molecular complexity index is 2270. The fraction of sp³-hybridized carbons (Fsp3) is 0.366. The van der Waals surface area contributed by atoms with Crippen LogP contribution in [0.1, 0.15) is 65.4 Å². The number of nitrogens with one attached hydrogen (secondary N) is 6. The minimum Gasteiger partial charge on any atom is -0.481 e. The van der Waals surface area contributed by atoms with Gasteiger partial charge >= 0.3 is 23.9 Å². The molecular weight excluding hydrogens is 783 g/mol. The number of benzene rings is 3. The molecule has 1 aromatic heterocycles. The van der Waals surface area contributed by atoms with Crippen molar-refractivity contribution in [1.82, 2.24) is 20.8 Å². The highest BCUT2D eigenvalue weighted by Crippen LogP contribution is 2.33. The molecule has 0 aliphatic rings. The largest absolute Gasteiger partial charge is 0.481 e. The molecule has 0 spiro atoms. The number of H-pyrrole nitrogens is 1. The summed E-state index contributed by atoms with van der Waals surface area (Å²) in [6.45, 7) is 7.35. The van der Waals surface area contributed by atoms with E-state index in [0.717, 1.165) is 5.56 Å². The molecule has 4 aromatic rings. The van der Waals surface area contributed by atoms with Gasteiger partial charge in [-0.15, -0.1) is 0 Å². The van der Waals surface area contributed by atoms with Crippen LogP contribution in [-0.4, -0.2) is 96.1 Å². The number of aryl methyl sites for hydroxylation is 1. The third-order valence-electron chi connectivity index (χ3n) is 9.70. The maximum atomic E-state index is 14.1. The number of carboxylic acid groups (broad SMARTS) is 3. The van der Waals surface area contributed by atoms with Crippen LogP contribution in [0.4, 0.5) is 26.4 Å². The van der Waals surface area contributed by atoms with Gasteiger partial charge in [0.25, 0.3) is 0 Å². The molecule has 0 saturated carbocycles. The average molecular weight is 833 g/mol. The summed E-state index contributed by atoms with van der Waals surface area (Å²) in [6.07, 6.45) is -1.88. The number of halogens is 1. The molecule has 60 heavy (non-hydrogen) atoms. The molecule has 0 fully saturated rings. The fourth-order valence-electron chi connectivity index (χ4n) is 6.49. The van der Waals surface area contributed by atoms with Gasteiger partial charge in [0.2, 0.25) is 5.91 Å². The van der Waals surface area contributed by atoms with Gasteiger partial charge < -0.3 is 37.0 Å². The molecule has 4 rings (SSSR count). The minimum atomic E-state index is -1.59. The van der Waals surface area contributed by atoms with E-state index in [1.807, 2.05) is 0 Å². The van der Waals surface area contributed by atoms with Gasteiger partial charge in [0.1, 0.15) is 17.9 Å². The zero-order valence-corrected chi connectivity index (χ0v) is 33.6. The van der Waals surface area contributed by atoms with Crippen molar-refractivity contribution in [2.24, 2.45) is 5.73 Å². The number of ketones is 2. The monoisotopic (exact) mass is 832 g/mol. The molecule has 11 N–H and O–H groups in total. The van der Waals surface area contributed by atoms with Crippen molar-refractivity contribution in [3.05, 3.63) is 72.0 Å². The number of hydrogen-bond acceptors (Lipinski definition) is 11. The van der Waals surface area contributed by atoms with E-state index in [-0.39, 0.29) is 30.8 Å². The Morgan fingerprint density at radius 1 is 0.800 bits per heavy atom. The maximum Gasteiger partial charge on any atom is 0.323 e. The van der Waals surface area contributed by atoms with Crippen molar-refractivity contribution in [3.63, 3.8) is 0 Å². The van der Waals surface area contributed by atoms with Crippen LogP contribution in [-0.2, 0) is 28.8 Å². The van der Waals surface area contributed by atoms with Gasteiger partial charge in [0.15, 0.2) is 17.4 Å². The molecule has 320 valence electrons. The number of rotatable bonds is 21. The first-order valence-electron chi connectivity index (χ1n) is 18.9. The van der Waals surface area contributed by atoms with Crippen molar-refractivity contribution < 1.29 is 53.3 Å². The molecule has 0 bridgehead atoms. The second-order valence-electron chi connectivity index (χ2n) is 15.4. The fourth-order valence-corrected chi connectivity index (χ4v) is 6.49. The van der Waals surface area contributed by atoms with Crippen LogP contribution in [0.2, 0.25) is 0 Å². The molecule has 0 aliphatic carbocycles. The molecule has 18 nitrogen and oxygen atoms in total. The summed E-state index contributed by atoms with van der Waals surface area (Å²) >= 11 is 0. The standard InChI is InChI=1S/C41H49FN8O10/c1-21-9-14-25(42)30(19-21)45-39(60)44-23-12-10-22(11-13-23)24-7-6-8-27-34(24)36(50-49-27)46-32(52)20-26(43)35(55)41(4,5)48-28(37(56)57)15-17-31(51)40(2,3)47-29(38(58)59)16-18-33(53)54/h6-14,19,26,28-29,47-48H,15-18,20,43H2,1-5H3,(H,53,54)(H,56,57)(H,58,59)(H2,44,45,60)(H2,46,49,50,52)/t26-,28?,29-/m0/s1. The smallest absolute Gasteiger partial charge is 0.323 e. The number of aromatic amines is 1. The number of hydrogen-bond donors (Lipinski definition) is 10. The van der Waals surface area contributed by atoms with Crippen molar-refractivity contribution in [3.8, 4) is 11.1 Å². The molecule has 19 heteroatoms. The minimum absolute atomic E-state index is 0.0343. The molecular formula is C41H49FN8O10. The number of urea groups is 1. The lowest BCUT2D eigenvalue weighted by Gasteiger charge is -2.32. The number of aromatic nitrogens is 2. The van der Waals surface area contributed by atoms with Gasteiger partial charge in [-0.05, 0) is 94.5 Å². The Hall–Kier alpha value is -6.57. The Morgan fingerprint density at radius 2 is 1.42 bits per heavy atom. The van der Waals surface area contributed by atoms with Crippen molar-refractivity contribution in [1.29, 1.82) is 0 Å². The van der Waals surface area contributed by atoms with Crippen LogP contribution in [0.15, 0.2) is 60.7 Å². The number of carbonyl (C=O) groups is 7. The number of anilines is 3. The van der Waals surface area contributed by atoms with Crippen molar-refractivity contribution in [2.45, 2.75) is 95.9 Å². The molecule has 3 atom stereocenters. The van der Waals surface area contributed by atoms with E-state index >= 15 is 0 Å². The second kappa shape index (κ2) is 19.5. The second-order valence-corrected chi connectivity index (χ2v) is 15.4. The van der Waals surface area contributed by atoms with Crippen LogP contribution in [0.25, 0.3) is 22.0 Å². The van der Waals surface area contributed by atoms with Crippen LogP contribution < -0.4 is 32.3 Å². The Balaban J connectivity index is 1.37. The molecule has 3 amide bonds. The first kappa shape index (κ1) is 46.1. The predicted molar refractivity (Wildman–Crippen MR) is 220 cm³/mol. The lowest BCUT2D eigenvalue weighted by molar-refractivity contribution is -0.142. The quantitative estimate of drug-likeness (QED) is 0.0557. The lowest BCUT2D eigenvalue weighted by Crippen LogP contribution is -2.59. The summed E-state index contributed by atoms with van der Waals surface area (Å²) in [5.74, 6) is -6.27. The lowest BCUT2D eigenvalue weighted by atomic mass is 9.89. The molecule has 0 aliphatic heterocycles. The summed E-state index contributed by atoms with van der Waals surface area (Å²) in [7, 11) is 0. The summed E-state index contributed by atoms with van der Waals surface area (Å²) in [6, 6.07) is 11.6. The van der Waals surface area contributed by atoms with E-state index in [1.165, 1.54) is 39.8 Å². The highest BCUT2D eigenvalue weighted by Gasteiger charge is 2.38. The topological polar surface area (TPSA) is 295 Å². The van der Waals surface area contributed by atoms with E-state index in [4.69, 9.17) is 10.8 Å². The first-order valence-corrected chi connectivity index (χ1v) is 18.9. The first-order chi connectivity index (χ1) is 28.1. The van der Waals surface area contributed by atoms with E-state index < -0.39 is 89.3 Å². The number of nitrogens with two attached hydrogens (primary N) is 1. The van der Waals surface area contributed by atoms with Gasteiger partial charge in [-0.3, -0.25) is 44.5 Å². The van der Waals surface area contributed by atoms with Gasteiger partial charge in [-0.25, -0.2) is 9.18 Å². The Morgan fingerprint density at radius 3 is 2.03 bits per heavy atom. The zero-order valence-electron chi connectivity index (χ0n) is 33.6. The van der Waals surface area contributed by atoms with Crippen LogP contribution in [0, 0.1) is 12.7 Å². The van der Waals surface area contributed by atoms with E-state index in [1.54, 1.807) is 55.5 Å². The molecule has 1 heterocycles. The Kier molecular flexibility index (Phi) is 15.0. The summed E-state index contributed by atoms with van der Waals surface area (Å²) in [5.41, 5.74) is 6.31. The van der Waals surface area contributed by atoms with Gasteiger partial charge in [0.05, 0.1) is 33.7 Å².